The predicted molar refractivity (Wildman–Crippen MR) is 54.1 cm³/mol. The highest BCUT2D eigenvalue weighted by Gasteiger charge is 2.18. The lowest BCUT2D eigenvalue weighted by atomic mass is 10.3. The van der Waals surface area contributed by atoms with Crippen LogP contribution in [-0.4, -0.2) is 32.9 Å². The van der Waals surface area contributed by atoms with Crippen molar-refractivity contribution in [1.82, 2.24) is 20.2 Å². The first kappa shape index (κ1) is 11.8. The zero-order valence-electron chi connectivity index (χ0n) is 8.83. The van der Waals surface area contributed by atoms with Gasteiger partial charge in [-0.15, -0.1) is 6.58 Å². The minimum absolute atomic E-state index is 0.250. The fourth-order valence-corrected chi connectivity index (χ4v) is 1.35. The number of hydrogen-bond acceptors (Lipinski definition) is 6. The van der Waals surface area contributed by atoms with Gasteiger partial charge in [-0.25, -0.2) is 4.68 Å². The van der Waals surface area contributed by atoms with Crippen LogP contribution >= 0.6 is 0 Å². The summed E-state index contributed by atoms with van der Waals surface area (Å²) in [6.45, 7) is 7.23. The van der Waals surface area contributed by atoms with Crippen molar-refractivity contribution in [2.24, 2.45) is 0 Å². The number of fused-ring (bicyclic) bond motifs is 1. The SMILES string of the molecule is C=CCN1C(C)=CCn2nnnc21.O=C=O. The van der Waals surface area contributed by atoms with E-state index in [9.17, 15) is 0 Å². The van der Waals surface area contributed by atoms with Crippen molar-refractivity contribution in [3.05, 3.63) is 24.4 Å². The molecule has 0 atom stereocenters. The van der Waals surface area contributed by atoms with Crippen molar-refractivity contribution in [3.63, 3.8) is 0 Å². The van der Waals surface area contributed by atoms with Crippen LogP contribution in [0.25, 0.3) is 0 Å². The number of carbonyl (C=O) groups excluding carboxylic acids is 2. The summed E-state index contributed by atoms with van der Waals surface area (Å²) >= 11 is 0. The largest absolute Gasteiger partial charge is 0.373 e. The standard InChI is InChI=1S/C8H11N5.CO2/c1-3-5-12-7(2)4-6-13-8(12)9-10-11-13;2-1-3/h3-4H,1,5-6H2,2H3;. The van der Waals surface area contributed by atoms with Gasteiger partial charge in [0, 0.05) is 12.2 Å². The van der Waals surface area contributed by atoms with Gasteiger partial charge in [0.05, 0.1) is 6.54 Å². The fraction of sp³-hybridized carbons (Fsp3) is 0.333. The maximum Gasteiger partial charge on any atom is 0.373 e. The molecule has 7 heteroatoms. The molecule has 1 aromatic rings. The van der Waals surface area contributed by atoms with E-state index in [1.807, 2.05) is 17.9 Å². The zero-order chi connectivity index (χ0) is 12.0. The van der Waals surface area contributed by atoms with Crippen LogP contribution in [0.15, 0.2) is 24.4 Å². The van der Waals surface area contributed by atoms with Gasteiger partial charge in [0.1, 0.15) is 0 Å². The van der Waals surface area contributed by atoms with Gasteiger partial charge in [-0.1, -0.05) is 11.2 Å². The van der Waals surface area contributed by atoms with Gasteiger partial charge in [0.2, 0.25) is 5.95 Å². The number of tetrazole rings is 1. The number of allylic oxidation sites excluding steroid dienone is 2. The van der Waals surface area contributed by atoms with Crippen LogP contribution in [0.2, 0.25) is 0 Å². The molecule has 0 radical (unpaired) electrons. The highest BCUT2D eigenvalue weighted by Crippen LogP contribution is 2.19. The van der Waals surface area contributed by atoms with Gasteiger partial charge in [0.25, 0.3) is 0 Å². The minimum Gasteiger partial charge on any atom is -0.310 e. The van der Waals surface area contributed by atoms with E-state index in [-0.39, 0.29) is 6.15 Å². The summed E-state index contributed by atoms with van der Waals surface area (Å²) in [5, 5.41) is 11.4. The molecule has 0 aromatic carbocycles. The van der Waals surface area contributed by atoms with E-state index in [2.05, 4.69) is 28.2 Å². The van der Waals surface area contributed by atoms with Gasteiger partial charge in [-0.05, 0) is 23.4 Å². The second kappa shape index (κ2) is 5.57. The van der Waals surface area contributed by atoms with Gasteiger partial charge in [-0.3, -0.25) is 0 Å². The van der Waals surface area contributed by atoms with E-state index in [1.165, 1.54) is 5.70 Å². The Kier molecular flexibility index (Phi) is 4.11. The van der Waals surface area contributed by atoms with Crippen molar-refractivity contribution in [2.45, 2.75) is 13.5 Å². The highest BCUT2D eigenvalue weighted by molar-refractivity contribution is 5.41. The third-order valence-corrected chi connectivity index (χ3v) is 2.05. The Morgan fingerprint density at radius 2 is 2.31 bits per heavy atom. The summed E-state index contributed by atoms with van der Waals surface area (Å²) in [4.78, 5) is 18.3. The molecule has 0 saturated heterocycles. The number of rotatable bonds is 2. The summed E-state index contributed by atoms with van der Waals surface area (Å²) in [5.41, 5.74) is 1.17. The van der Waals surface area contributed by atoms with E-state index in [4.69, 9.17) is 9.59 Å². The number of nitrogens with zero attached hydrogens (tertiary/aromatic N) is 5. The van der Waals surface area contributed by atoms with Crippen molar-refractivity contribution in [3.8, 4) is 0 Å². The summed E-state index contributed by atoms with van der Waals surface area (Å²) in [5.74, 6) is 0.792. The van der Waals surface area contributed by atoms with Crippen LogP contribution in [-0.2, 0) is 16.1 Å². The maximum atomic E-state index is 8.12. The van der Waals surface area contributed by atoms with Gasteiger partial charge in [-0.2, -0.15) is 9.59 Å². The van der Waals surface area contributed by atoms with Crippen LogP contribution < -0.4 is 4.90 Å². The van der Waals surface area contributed by atoms with Crippen LogP contribution in [0.5, 0.6) is 0 Å². The lowest BCUT2D eigenvalue weighted by molar-refractivity contribution is -0.191. The second-order valence-electron chi connectivity index (χ2n) is 2.99. The fourth-order valence-electron chi connectivity index (χ4n) is 1.35. The molecule has 1 aromatic heterocycles. The normalized spacial score (nSPS) is 12.8. The molecule has 7 nitrogen and oxygen atoms in total. The molecule has 0 fully saturated rings. The van der Waals surface area contributed by atoms with Gasteiger partial charge < -0.3 is 4.90 Å². The van der Waals surface area contributed by atoms with Gasteiger partial charge in [0.15, 0.2) is 0 Å². The molecule has 2 rings (SSSR count). The zero-order valence-corrected chi connectivity index (χ0v) is 8.83. The third kappa shape index (κ3) is 2.40. The smallest absolute Gasteiger partial charge is 0.310 e. The lowest BCUT2D eigenvalue weighted by Crippen LogP contribution is -2.28. The molecular formula is C9H11N5O2. The quantitative estimate of drug-likeness (QED) is 0.654. The topological polar surface area (TPSA) is 81.0 Å². The Hall–Kier alpha value is -2.27. The van der Waals surface area contributed by atoms with Gasteiger partial charge >= 0.3 is 6.15 Å². The summed E-state index contributed by atoms with van der Waals surface area (Å²) in [6.07, 6.45) is 4.18. The molecule has 1 aliphatic rings. The molecule has 2 heterocycles. The predicted octanol–water partition coefficient (Wildman–Crippen LogP) is -0.000600. The number of aromatic nitrogens is 4. The first-order valence-electron chi connectivity index (χ1n) is 4.55. The molecule has 0 spiro atoms. The molecule has 0 unspecified atom stereocenters. The number of hydrogen-bond donors (Lipinski definition) is 0. The molecular weight excluding hydrogens is 210 g/mol. The first-order valence-corrected chi connectivity index (χ1v) is 4.55. The molecule has 0 saturated carbocycles. The van der Waals surface area contributed by atoms with E-state index >= 15 is 0 Å². The molecule has 0 bridgehead atoms. The Morgan fingerprint density at radius 1 is 1.62 bits per heavy atom. The monoisotopic (exact) mass is 221 g/mol. The Labute approximate surface area is 92.0 Å². The third-order valence-electron chi connectivity index (χ3n) is 2.05. The van der Waals surface area contributed by atoms with Crippen LogP contribution in [0, 0.1) is 0 Å². The van der Waals surface area contributed by atoms with Crippen LogP contribution in [0.3, 0.4) is 0 Å². The summed E-state index contributed by atoms with van der Waals surface area (Å²) in [7, 11) is 0. The second-order valence-corrected chi connectivity index (χ2v) is 2.99. The van der Waals surface area contributed by atoms with Crippen LogP contribution in [0.1, 0.15) is 6.92 Å². The minimum atomic E-state index is 0.250. The van der Waals surface area contributed by atoms with Crippen molar-refractivity contribution < 1.29 is 9.59 Å². The van der Waals surface area contributed by atoms with E-state index in [0.717, 1.165) is 19.0 Å². The Bertz CT molecular complexity index is 431. The first-order chi connectivity index (χ1) is 7.74. The summed E-state index contributed by atoms with van der Waals surface area (Å²) in [6, 6.07) is 0. The van der Waals surface area contributed by atoms with Crippen molar-refractivity contribution >= 4 is 12.1 Å². The molecule has 84 valence electrons. The molecule has 0 amide bonds. The molecule has 0 aliphatic carbocycles. The maximum absolute atomic E-state index is 8.12. The van der Waals surface area contributed by atoms with E-state index in [0.29, 0.717) is 0 Å². The van der Waals surface area contributed by atoms with Crippen molar-refractivity contribution in [2.75, 3.05) is 11.4 Å². The molecule has 16 heavy (non-hydrogen) atoms. The van der Waals surface area contributed by atoms with E-state index < -0.39 is 0 Å². The Morgan fingerprint density at radius 3 is 2.94 bits per heavy atom. The average molecular weight is 221 g/mol. The van der Waals surface area contributed by atoms with Crippen molar-refractivity contribution in [1.29, 1.82) is 0 Å². The lowest BCUT2D eigenvalue weighted by Gasteiger charge is -2.25. The Balaban J connectivity index is 0.000000386. The number of anilines is 1. The molecule has 0 N–H and O–H groups in total. The molecule has 1 aliphatic heterocycles. The average Bonchev–Trinajstić information content (AvgIpc) is 2.72. The van der Waals surface area contributed by atoms with Crippen LogP contribution in [0.4, 0.5) is 5.95 Å². The highest BCUT2D eigenvalue weighted by atomic mass is 16.2. The summed E-state index contributed by atoms with van der Waals surface area (Å²) < 4.78 is 1.76. The van der Waals surface area contributed by atoms with E-state index in [1.54, 1.807) is 4.68 Å².